The van der Waals surface area contributed by atoms with E-state index < -0.39 is 11.3 Å². The maximum Gasteiger partial charge on any atom is 0.288 e. The van der Waals surface area contributed by atoms with E-state index in [9.17, 15) is 4.21 Å². The molecule has 0 saturated carbocycles. The normalized spacial score (nSPS) is 12.1. The predicted octanol–water partition coefficient (Wildman–Crippen LogP) is 3.33. The summed E-state index contributed by atoms with van der Waals surface area (Å²) in [7, 11) is 0. The van der Waals surface area contributed by atoms with E-state index in [-0.39, 0.29) is 0 Å². The second-order valence-electron chi connectivity index (χ2n) is 4.19. The lowest BCUT2D eigenvalue weighted by molar-refractivity contribution is 0.550. The molecule has 106 valence electrons. The second-order valence-corrected chi connectivity index (χ2v) is 6.28. The van der Waals surface area contributed by atoms with Crippen molar-refractivity contribution in [3.63, 3.8) is 0 Å². The lowest BCUT2D eigenvalue weighted by Gasteiger charge is -2.06. The molecule has 0 heterocycles. The Morgan fingerprint density at radius 2 is 1.80 bits per heavy atom. The molecule has 0 spiro atoms. The molecule has 0 bridgehead atoms. The molecule has 1 atom stereocenters. The zero-order valence-electron chi connectivity index (χ0n) is 11.2. The van der Waals surface area contributed by atoms with Gasteiger partial charge in [0.1, 0.15) is 5.75 Å². The third-order valence-electron chi connectivity index (χ3n) is 2.53. The summed E-state index contributed by atoms with van der Waals surface area (Å²) < 4.78 is 19.8. The zero-order valence-corrected chi connectivity index (χ0v) is 12.9. The first-order valence-corrected chi connectivity index (χ1v) is 8.38. The van der Waals surface area contributed by atoms with Crippen LogP contribution in [0.4, 0.5) is 0 Å². The molecule has 0 aliphatic carbocycles. The van der Waals surface area contributed by atoms with Crippen LogP contribution in [-0.2, 0) is 11.3 Å². The van der Waals surface area contributed by atoms with E-state index in [2.05, 4.69) is 16.9 Å². The summed E-state index contributed by atoms with van der Waals surface area (Å²) in [5.74, 6) is 1.45. The van der Waals surface area contributed by atoms with Crippen LogP contribution >= 0.6 is 11.8 Å². The van der Waals surface area contributed by atoms with Gasteiger partial charge < -0.3 is 4.18 Å². The Labute approximate surface area is 126 Å². The van der Waals surface area contributed by atoms with Crippen LogP contribution in [0.1, 0.15) is 5.56 Å². The first-order valence-electron chi connectivity index (χ1n) is 6.32. The minimum atomic E-state index is -1.50. The summed E-state index contributed by atoms with van der Waals surface area (Å²) in [5, 5.41) is 0. The molecule has 0 aliphatic heterocycles. The highest BCUT2D eigenvalue weighted by molar-refractivity contribution is 7.99. The molecular weight excluding hydrogens is 290 g/mol. The van der Waals surface area contributed by atoms with Crippen LogP contribution in [-0.4, -0.2) is 16.5 Å². The topological polar surface area (TPSA) is 38.3 Å². The minimum Gasteiger partial charge on any atom is -0.389 e. The van der Waals surface area contributed by atoms with E-state index >= 15 is 0 Å². The van der Waals surface area contributed by atoms with Crippen molar-refractivity contribution >= 4 is 23.0 Å². The van der Waals surface area contributed by atoms with Gasteiger partial charge in [-0.2, -0.15) is 4.21 Å². The van der Waals surface area contributed by atoms with Gasteiger partial charge in [-0.25, -0.2) is 4.72 Å². The molecule has 3 nitrogen and oxygen atoms in total. The van der Waals surface area contributed by atoms with Gasteiger partial charge in [0.25, 0.3) is 11.3 Å². The van der Waals surface area contributed by atoms with Crippen molar-refractivity contribution < 1.29 is 8.39 Å². The van der Waals surface area contributed by atoms with Gasteiger partial charge in [0.15, 0.2) is 0 Å². The number of nitrogens with one attached hydrogen (secondary N) is 1. The minimum absolute atomic E-state index is 0.608. The van der Waals surface area contributed by atoms with Crippen molar-refractivity contribution in [2.45, 2.75) is 11.8 Å². The summed E-state index contributed by atoms with van der Waals surface area (Å²) in [6, 6.07) is 17.6. The Hall–Kier alpha value is -1.30. The van der Waals surface area contributed by atoms with E-state index in [1.807, 2.05) is 49.4 Å². The third kappa shape index (κ3) is 5.36. The largest absolute Gasteiger partial charge is 0.389 e. The lowest BCUT2D eigenvalue weighted by Crippen LogP contribution is -2.23. The van der Waals surface area contributed by atoms with Crippen molar-refractivity contribution in [1.29, 1.82) is 0 Å². The predicted molar refractivity (Wildman–Crippen MR) is 85.1 cm³/mol. The smallest absolute Gasteiger partial charge is 0.288 e. The fraction of sp³-hybridized carbons (Fsp3) is 0.200. The monoisotopic (exact) mass is 307 g/mol. The Morgan fingerprint density at radius 1 is 1.10 bits per heavy atom. The number of thioether (sulfide) groups is 1. The van der Waals surface area contributed by atoms with Crippen molar-refractivity contribution in [3.05, 3.63) is 60.2 Å². The fourth-order valence-corrected chi connectivity index (χ4v) is 3.05. The van der Waals surface area contributed by atoms with Crippen molar-refractivity contribution in [3.8, 4) is 5.75 Å². The standard InChI is InChI=1S/C15H17NO2S2/c1-13-7-9-14(10-8-13)18-20(17)16-11-12-19-15-5-3-2-4-6-15/h2-10,16H,11-12H2,1H3. The van der Waals surface area contributed by atoms with Crippen molar-refractivity contribution in [1.82, 2.24) is 4.72 Å². The first kappa shape index (κ1) is 15.1. The van der Waals surface area contributed by atoms with E-state index in [0.717, 1.165) is 11.3 Å². The summed E-state index contributed by atoms with van der Waals surface area (Å²) in [5.41, 5.74) is 1.15. The zero-order chi connectivity index (χ0) is 14.2. The highest BCUT2D eigenvalue weighted by Crippen LogP contribution is 2.16. The van der Waals surface area contributed by atoms with Crippen LogP contribution in [0.2, 0.25) is 0 Å². The van der Waals surface area contributed by atoms with Crippen LogP contribution in [0.5, 0.6) is 5.75 Å². The Bertz CT molecular complexity index is 544. The van der Waals surface area contributed by atoms with Crippen molar-refractivity contribution in [2.75, 3.05) is 12.3 Å². The average molecular weight is 307 g/mol. The van der Waals surface area contributed by atoms with Gasteiger partial charge in [-0.05, 0) is 31.2 Å². The van der Waals surface area contributed by atoms with Crippen LogP contribution < -0.4 is 8.91 Å². The Morgan fingerprint density at radius 3 is 2.50 bits per heavy atom. The van der Waals surface area contributed by atoms with Crippen LogP contribution in [0.25, 0.3) is 0 Å². The summed E-state index contributed by atoms with van der Waals surface area (Å²) in [6.07, 6.45) is 0. The molecule has 1 N–H and O–H groups in total. The number of benzene rings is 2. The van der Waals surface area contributed by atoms with E-state index in [0.29, 0.717) is 12.3 Å². The SMILES string of the molecule is Cc1ccc(OS(=O)NCCSc2ccccc2)cc1. The van der Waals surface area contributed by atoms with Gasteiger partial charge in [0, 0.05) is 17.2 Å². The van der Waals surface area contributed by atoms with Gasteiger partial charge in [-0.1, -0.05) is 35.9 Å². The van der Waals surface area contributed by atoms with Crippen LogP contribution in [0, 0.1) is 6.92 Å². The first-order chi connectivity index (χ1) is 9.74. The molecule has 1 unspecified atom stereocenters. The fourth-order valence-electron chi connectivity index (χ4n) is 1.52. The van der Waals surface area contributed by atoms with E-state index in [1.165, 1.54) is 4.90 Å². The van der Waals surface area contributed by atoms with Crippen molar-refractivity contribution in [2.24, 2.45) is 0 Å². The number of hydrogen-bond acceptors (Lipinski definition) is 3. The molecule has 5 heteroatoms. The average Bonchev–Trinajstić information content (AvgIpc) is 2.47. The molecule has 2 aromatic carbocycles. The van der Waals surface area contributed by atoms with Gasteiger partial charge in [0.2, 0.25) is 0 Å². The molecule has 2 rings (SSSR count). The lowest BCUT2D eigenvalue weighted by atomic mass is 10.2. The quantitative estimate of drug-likeness (QED) is 0.630. The molecule has 2 aromatic rings. The number of hydrogen-bond donors (Lipinski definition) is 1. The maximum atomic E-state index is 11.7. The molecule has 0 saturated heterocycles. The molecular formula is C15H17NO2S2. The van der Waals surface area contributed by atoms with Crippen LogP contribution in [0.3, 0.4) is 0 Å². The van der Waals surface area contributed by atoms with Crippen LogP contribution in [0.15, 0.2) is 59.5 Å². The summed E-state index contributed by atoms with van der Waals surface area (Å²) >= 11 is 0.219. The second kappa shape index (κ2) is 8.09. The van der Waals surface area contributed by atoms with Gasteiger partial charge >= 0.3 is 0 Å². The molecule has 0 aliphatic rings. The maximum absolute atomic E-state index is 11.7. The number of aryl methyl sites for hydroxylation is 1. The Kier molecular flexibility index (Phi) is 6.11. The molecule has 0 radical (unpaired) electrons. The van der Waals surface area contributed by atoms with E-state index in [4.69, 9.17) is 4.18 Å². The van der Waals surface area contributed by atoms with Gasteiger partial charge in [0.05, 0.1) is 0 Å². The molecule has 0 amide bonds. The summed E-state index contributed by atoms with van der Waals surface area (Å²) in [6.45, 7) is 2.62. The molecule has 0 aromatic heterocycles. The van der Waals surface area contributed by atoms with Gasteiger partial charge in [-0.3, -0.25) is 0 Å². The molecule has 0 fully saturated rings. The highest BCUT2D eigenvalue weighted by Gasteiger charge is 2.02. The van der Waals surface area contributed by atoms with Gasteiger partial charge in [-0.15, -0.1) is 11.8 Å². The highest BCUT2D eigenvalue weighted by atomic mass is 32.2. The third-order valence-corrected chi connectivity index (χ3v) is 4.32. The number of rotatable bonds is 7. The van der Waals surface area contributed by atoms with E-state index in [1.54, 1.807) is 11.8 Å². The molecule has 20 heavy (non-hydrogen) atoms. The summed E-state index contributed by atoms with van der Waals surface area (Å²) in [4.78, 5) is 1.21. The Balaban J connectivity index is 1.66.